The third-order valence-electron chi connectivity index (χ3n) is 9.88. The summed E-state index contributed by atoms with van der Waals surface area (Å²) in [6, 6.07) is 38.4. The second-order valence-electron chi connectivity index (χ2n) is 13.3. The Hall–Kier alpha value is -7.02. The summed E-state index contributed by atoms with van der Waals surface area (Å²) in [5.41, 5.74) is 6.51. The molecule has 4 aromatic heterocycles. The molecule has 0 amide bonds. The van der Waals surface area contributed by atoms with Gasteiger partial charge >= 0.3 is 0 Å². The van der Waals surface area contributed by atoms with Crippen molar-refractivity contribution in [3.63, 3.8) is 0 Å². The van der Waals surface area contributed by atoms with Crippen molar-refractivity contribution in [2.45, 2.75) is 6.23 Å². The SMILES string of the molecule is c1ccc(-c2cc(-c3ccccc3)c(N3CCN(c4ncccn4)CC3Oc3cc(N4CCN(c5ncccn5)CC4)c(-c4ccccc4)nn3)nn2)cc1. The number of hydrogen-bond acceptors (Lipinski definition) is 13. The second kappa shape index (κ2) is 15.5. The third-order valence-corrected chi connectivity index (χ3v) is 9.88. The maximum Gasteiger partial charge on any atom is 0.237 e. The van der Waals surface area contributed by atoms with Crippen molar-refractivity contribution < 1.29 is 4.74 Å². The highest BCUT2D eigenvalue weighted by molar-refractivity contribution is 5.80. The molecule has 0 spiro atoms. The highest BCUT2D eigenvalue weighted by Crippen LogP contribution is 2.36. The summed E-state index contributed by atoms with van der Waals surface area (Å²) in [7, 11) is 0. The summed E-state index contributed by atoms with van der Waals surface area (Å²) in [4.78, 5) is 26.9. The van der Waals surface area contributed by atoms with E-state index in [4.69, 9.17) is 20.0 Å². The van der Waals surface area contributed by atoms with Gasteiger partial charge in [-0.1, -0.05) is 91.0 Å². The Kier molecular flexibility index (Phi) is 9.54. The molecule has 2 fully saturated rings. The zero-order chi connectivity index (χ0) is 36.8. The van der Waals surface area contributed by atoms with Crippen LogP contribution >= 0.6 is 0 Å². The van der Waals surface area contributed by atoms with Gasteiger partial charge in [0.05, 0.1) is 17.9 Å². The number of benzene rings is 3. The number of hydrogen-bond donors (Lipinski definition) is 0. The van der Waals surface area contributed by atoms with Gasteiger partial charge in [-0.3, -0.25) is 0 Å². The van der Waals surface area contributed by atoms with Gasteiger partial charge in [0.15, 0.2) is 12.0 Å². The Morgan fingerprint density at radius 1 is 0.491 bits per heavy atom. The van der Waals surface area contributed by atoms with Crippen molar-refractivity contribution in [2.24, 2.45) is 0 Å². The zero-order valence-electron chi connectivity index (χ0n) is 30.1. The summed E-state index contributed by atoms with van der Waals surface area (Å²) in [5, 5.41) is 19.2. The van der Waals surface area contributed by atoms with Crippen LogP contribution in [0.1, 0.15) is 0 Å². The molecular weight excluding hydrogens is 689 g/mol. The van der Waals surface area contributed by atoms with Crippen LogP contribution in [0.15, 0.2) is 140 Å². The normalized spacial score (nSPS) is 15.9. The molecule has 0 aliphatic carbocycles. The first-order valence-electron chi connectivity index (χ1n) is 18.4. The Labute approximate surface area is 319 Å². The molecule has 7 aromatic rings. The van der Waals surface area contributed by atoms with Gasteiger partial charge in [0.1, 0.15) is 5.69 Å². The summed E-state index contributed by atoms with van der Waals surface area (Å²) < 4.78 is 6.92. The maximum absolute atomic E-state index is 6.92. The predicted molar refractivity (Wildman–Crippen MR) is 213 cm³/mol. The standard InChI is InChI=1S/C42H38N12O/c1-4-12-31(13-5-1)34-28-35(32-14-6-2-7-15-32)47-50-40(34)54-27-26-53(42-45-20-11-21-46-42)30-38(54)55-37-29-36(39(49-48-37)33-16-8-3-9-17-33)51-22-24-52(25-23-51)41-43-18-10-19-44-41/h1-21,28-29,38H,22-27,30H2. The third kappa shape index (κ3) is 7.32. The monoisotopic (exact) mass is 726 g/mol. The van der Waals surface area contributed by atoms with Gasteiger partial charge < -0.3 is 24.3 Å². The van der Waals surface area contributed by atoms with Crippen molar-refractivity contribution in [3.05, 3.63) is 140 Å². The average Bonchev–Trinajstić information content (AvgIpc) is 3.28. The number of rotatable bonds is 9. The van der Waals surface area contributed by atoms with E-state index in [1.165, 1.54) is 0 Å². The summed E-state index contributed by atoms with van der Waals surface area (Å²) in [6.45, 7) is 4.71. The maximum atomic E-state index is 6.92. The van der Waals surface area contributed by atoms with Crippen LogP contribution in [0.3, 0.4) is 0 Å². The average molecular weight is 727 g/mol. The lowest BCUT2D eigenvalue weighted by atomic mass is 10.0. The molecule has 9 rings (SSSR count). The summed E-state index contributed by atoms with van der Waals surface area (Å²) in [5.74, 6) is 2.50. The van der Waals surface area contributed by atoms with Crippen LogP contribution in [-0.4, -0.2) is 92.4 Å². The van der Waals surface area contributed by atoms with Gasteiger partial charge in [-0.05, 0) is 23.8 Å². The highest BCUT2D eigenvalue weighted by Gasteiger charge is 2.34. The van der Waals surface area contributed by atoms with E-state index in [0.717, 1.165) is 77.3 Å². The van der Waals surface area contributed by atoms with Crippen LogP contribution in [0.5, 0.6) is 5.88 Å². The van der Waals surface area contributed by atoms with E-state index < -0.39 is 6.23 Å². The first kappa shape index (κ1) is 33.8. The molecule has 1 atom stereocenters. The van der Waals surface area contributed by atoms with Crippen LogP contribution in [-0.2, 0) is 0 Å². The van der Waals surface area contributed by atoms with Crippen molar-refractivity contribution in [2.75, 3.05) is 65.4 Å². The van der Waals surface area contributed by atoms with Gasteiger partial charge in [0.25, 0.3) is 0 Å². The Bertz CT molecular complexity index is 2310. The van der Waals surface area contributed by atoms with Gasteiger partial charge in [-0.2, -0.15) is 0 Å². The topological polar surface area (TPSA) is 125 Å². The Morgan fingerprint density at radius 3 is 1.71 bits per heavy atom. The van der Waals surface area contributed by atoms with E-state index in [9.17, 15) is 0 Å². The Balaban J connectivity index is 1.08. The Morgan fingerprint density at radius 2 is 1.05 bits per heavy atom. The number of aromatic nitrogens is 8. The summed E-state index contributed by atoms with van der Waals surface area (Å²) in [6.07, 6.45) is 6.55. The molecule has 13 heteroatoms. The van der Waals surface area contributed by atoms with Crippen LogP contribution in [0, 0.1) is 0 Å². The molecule has 0 saturated carbocycles. The quantitative estimate of drug-likeness (QED) is 0.175. The molecule has 6 heterocycles. The summed E-state index contributed by atoms with van der Waals surface area (Å²) >= 11 is 0. The molecule has 55 heavy (non-hydrogen) atoms. The van der Waals surface area contributed by atoms with Crippen molar-refractivity contribution >= 4 is 23.4 Å². The fraction of sp³-hybridized carbons (Fsp3) is 0.190. The number of anilines is 4. The zero-order valence-corrected chi connectivity index (χ0v) is 30.1. The van der Waals surface area contributed by atoms with E-state index in [0.29, 0.717) is 31.5 Å². The minimum absolute atomic E-state index is 0.407. The molecule has 2 aliphatic heterocycles. The number of ether oxygens (including phenoxy) is 1. The van der Waals surface area contributed by atoms with Crippen molar-refractivity contribution in [3.8, 4) is 39.5 Å². The molecule has 1 unspecified atom stereocenters. The molecular formula is C42H38N12O. The lowest BCUT2D eigenvalue weighted by Crippen LogP contribution is -2.57. The van der Waals surface area contributed by atoms with E-state index in [-0.39, 0.29) is 0 Å². The fourth-order valence-corrected chi connectivity index (χ4v) is 7.11. The first-order chi connectivity index (χ1) is 27.3. The van der Waals surface area contributed by atoms with Crippen molar-refractivity contribution in [1.82, 2.24) is 40.3 Å². The van der Waals surface area contributed by atoms with E-state index in [2.05, 4.69) is 75.0 Å². The first-order valence-corrected chi connectivity index (χ1v) is 18.4. The molecule has 2 saturated heterocycles. The van der Waals surface area contributed by atoms with Crippen molar-refractivity contribution in [1.29, 1.82) is 0 Å². The van der Waals surface area contributed by atoms with Crippen LogP contribution in [0.2, 0.25) is 0 Å². The largest absolute Gasteiger partial charge is 0.450 e. The molecule has 272 valence electrons. The second-order valence-corrected chi connectivity index (χ2v) is 13.3. The van der Waals surface area contributed by atoms with E-state index >= 15 is 0 Å². The lowest BCUT2D eigenvalue weighted by molar-refractivity contribution is 0.177. The molecule has 13 nitrogen and oxygen atoms in total. The number of piperazine rings is 2. The fourth-order valence-electron chi connectivity index (χ4n) is 7.11. The van der Waals surface area contributed by atoms with Gasteiger partial charge in [0, 0.05) is 86.8 Å². The van der Waals surface area contributed by atoms with Crippen LogP contribution in [0.25, 0.3) is 33.6 Å². The number of nitrogens with zero attached hydrogens (tertiary/aromatic N) is 12. The highest BCUT2D eigenvalue weighted by atomic mass is 16.5. The molecule has 0 N–H and O–H groups in total. The molecule has 0 radical (unpaired) electrons. The lowest BCUT2D eigenvalue weighted by Gasteiger charge is -2.41. The molecule has 3 aromatic carbocycles. The smallest absolute Gasteiger partial charge is 0.237 e. The van der Waals surface area contributed by atoms with Gasteiger partial charge in [-0.15, -0.1) is 20.4 Å². The van der Waals surface area contributed by atoms with Gasteiger partial charge in [0.2, 0.25) is 17.8 Å². The van der Waals surface area contributed by atoms with E-state index in [1.807, 2.05) is 84.9 Å². The minimum atomic E-state index is -0.534. The van der Waals surface area contributed by atoms with Crippen LogP contribution < -0.4 is 24.3 Å². The minimum Gasteiger partial charge on any atom is -0.450 e. The van der Waals surface area contributed by atoms with E-state index in [1.54, 1.807) is 24.8 Å². The predicted octanol–water partition coefficient (Wildman–Crippen LogP) is 5.91. The van der Waals surface area contributed by atoms with Crippen LogP contribution in [0.4, 0.5) is 23.4 Å². The van der Waals surface area contributed by atoms with Gasteiger partial charge in [-0.25, -0.2) is 19.9 Å². The molecule has 0 bridgehead atoms. The molecule has 2 aliphatic rings.